The number of hydrogen-bond acceptors (Lipinski definition) is 3. The third kappa shape index (κ3) is 2.78. The van der Waals surface area contributed by atoms with E-state index in [1.54, 1.807) is 12.4 Å². The zero-order valence-electron chi connectivity index (χ0n) is 11.1. The van der Waals surface area contributed by atoms with Crippen LogP contribution in [-0.2, 0) is 4.79 Å². The number of nitrogens with one attached hydrogen (secondary N) is 2. The quantitative estimate of drug-likeness (QED) is 0.735. The minimum atomic E-state index is -0.672. The lowest BCUT2D eigenvalue weighted by Gasteiger charge is -2.35. The highest BCUT2D eigenvalue weighted by molar-refractivity contribution is 7.80. The molecule has 0 aromatic carbocycles. The van der Waals surface area contributed by atoms with Crippen LogP contribution in [0.25, 0.3) is 0 Å². The minimum Gasteiger partial charge on any atom is -0.392 e. The van der Waals surface area contributed by atoms with Crippen molar-refractivity contribution in [3.8, 4) is 0 Å². The van der Waals surface area contributed by atoms with E-state index >= 15 is 0 Å². The monoisotopic (exact) mass is 280 g/mol. The van der Waals surface area contributed by atoms with Gasteiger partial charge in [0.25, 0.3) is 0 Å². The van der Waals surface area contributed by atoms with Gasteiger partial charge in [0.2, 0.25) is 5.91 Å². The van der Waals surface area contributed by atoms with Gasteiger partial charge in [-0.1, -0.05) is 31.5 Å². The number of rotatable bonds is 4. The fourth-order valence-electron chi connectivity index (χ4n) is 2.66. The summed E-state index contributed by atoms with van der Waals surface area (Å²) in [5.41, 5.74) is 5.17. The van der Waals surface area contributed by atoms with Crippen molar-refractivity contribution in [2.24, 2.45) is 11.1 Å². The van der Waals surface area contributed by atoms with Crippen LogP contribution in [0.2, 0.25) is 0 Å². The molecule has 2 rings (SSSR count). The molecule has 5 nitrogen and oxygen atoms in total. The molecule has 1 fully saturated rings. The van der Waals surface area contributed by atoms with E-state index in [1.165, 1.54) is 0 Å². The number of thiocarbonyl (C=S) groups is 1. The molecule has 6 heteroatoms. The summed E-state index contributed by atoms with van der Waals surface area (Å²) in [6, 6.07) is -0.171. The van der Waals surface area contributed by atoms with E-state index < -0.39 is 5.41 Å². The van der Waals surface area contributed by atoms with Crippen LogP contribution >= 0.6 is 12.2 Å². The molecule has 1 aromatic heterocycles. The van der Waals surface area contributed by atoms with Crippen LogP contribution in [0.4, 0.5) is 0 Å². The fraction of sp³-hybridized carbons (Fsp3) is 0.615. The Balaban J connectivity index is 2.10. The van der Waals surface area contributed by atoms with Gasteiger partial charge in [0.1, 0.15) is 5.82 Å². The Morgan fingerprint density at radius 1 is 1.53 bits per heavy atom. The van der Waals surface area contributed by atoms with Crippen molar-refractivity contribution < 1.29 is 4.79 Å². The van der Waals surface area contributed by atoms with Crippen LogP contribution in [0, 0.1) is 5.41 Å². The first-order chi connectivity index (χ1) is 9.06. The Morgan fingerprint density at radius 3 is 2.74 bits per heavy atom. The predicted octanol–water partition coefficient (Wildman–Crippen LogP) is 1.82. The van der Waals surface area contributed by atoms with E-state index in [-0.39, 0.29) is 11.9 Å². The highest BCUT2D eigenvalue weighted by Gasteiger charge is 2.42. The third-order valence-electron chi connectivity index (χ3n) is 3.89. The molecule has 104 valence electrons. The summed E-state index contributed by atoms with van der Waals surface area (Å²) in [5, 5.41) is 2.97. The number of aromatic amines is 1. The van der Waals surface area contributed by atoms with Crippen molar-refractivity contribution in [1.82, 2.24) is 15.3 Å². The van der Waals surface area contributed by atoms with Crippen LogP contribution < -0.4 is 11.1 Å². The number of H-pyrrole nitrogens is 1. The lowest BCUT2D eigenvalue weighted by molar-refractivity contribution is -0.129. The molecule has 19 heavy (non-hydrogen) atoms. The molecule has 1 amide bonds. The molecule has 0 radical (unpaired) electrons. The van der Waals surface area contributed by atoms with Gasteiger partial charge in [0.05, 0.1) is 16.4 Å². The van der Waals surface area contributed by atoms with Crippen LogP contribution in [-0.4, -0.2) is 20.9 Å². The Morgan fingerprint density at radius 2 is 2.21 bits per heavy atom. The molecule has 1 atom stereocenters. The zero-order chi connectivity index (χ0) is 13.9. The summed E-state index contributed by atoms with van der Waals surface area (Å²) in [5.74, 6) is 0.672. The second kappa shape index (κ2) is 5.69. The normalized spacial score (nSPS) is 19.6. The minimum absolute atomic E-state index is 0.0661. The number of amides is 1. The van der Waals surface area contributed by atoms with Crippen molar-refractivity contribution in [2.45, 2.75) is 45.1 Å². The molecular weight excluding hydrogens is 260 g/mol. The molecule has 1 aliphatic carbocycles. The van der Waals surface area contributed by atoms with Gasteiger partial charge in [-0.15, -0.1) is 0 Å². The van der Waals surface area contributed by atoms with E-state index in [9.17, 15) is 4.79 Å². The molecule has 0 aliphatic heterocycles. The third-order valence-corrected chi connectivity index (χ3v) is 4.28. The molecule has 1 aliphatic rings. The fourth-order valence-corrected chi connectivity index (χ4v) is 2.95. The lowest BCUT2D eigenvalue weighted by Crippen LogP contribution is -2.50. The van der Waals surface area contributed by atoms with Crippen molar-refractivity contribution in [3.63, 3.8) is 0 Å². The van der Waals surface area contributed by atoms with Crippen LogP contribution in [0.15, 0.2) is 12.4 Å². The second-order valence-corrected chi connectivity index (χ2v) is 5.62. The number of imidazole rings is 1. The molecule has 1 aromatic rings. The van der Waals surface area contributed by atoms with Crippen molar-refractivity contribution in [2.75, 3.05) is 0 Å². The van der Waals surface area contributed by atoms with Gasteiger partial charge in [-0.2, -0.15) is 0 Å². The average Bonchev–Trinajstić information content (AvgIpc) is 2.93. The van der Waals surface area contributed by atoms with Gasteiger partial charge in [0.15, 0.2) is 0 Å². The largest absolute Gasteiger partial charge is 0.392 e. The smallest absolute Gasteiger partial charge is 0.233 e. The predicted molar refractivity (Wildman–Crippen MR) is 77.4 cm³/mol. The summed E-state index contributed by atoms with van der Waals surface area (Å²) in [4.78, 5) is 20.0. The van der Waals surface area contributed by atoms with E-state index in [2.05, 4.69) is 15.3 Å². The Bertz CT molecular complexity index is 451. The molecule has 0 spiro atoms. The average molecular weight is 280 g/mol. The summed E-state index contributed by atoms with van der Waals surface area (Å²) < 4.78 is 0. The molecule has 1 heterocycles. The number of nitrogens with zero attached hydrogens (tertiary/aromatic N) is 1. The molecule has 1 saturated carbocycles. The van der Waals surface area contributed by atoms with Gasteiger partial charge < -0.3 is 16.0 Å². The number of hydrogen-bond donors (Lipinski definition) is 3. The topological polar surface area (TPSA) is 83.8 Å². The van der Waals surface area contributed by atoms with Crippen LogP contribution in [0.1, 0.15) is 50.9 Å². The van der Waals surface area contributed by atoms with E-state index in [1.807, 2.05) is 6.92 Å². The maximum Gasteiger partial charge on any atom is 0.233 e. The number of carbonyl (C=O) groups is 1. The van der Waals surface area contributed by atoms with E-state index in [0.717, 1.165) is 37.9 Å². The summed E-state index contributed by atoms with van der Waals surface area (Å²) >= 11 is 5.15. The first kappa shape index (κ1) is 14.0. The van der Waals surface area contributed by atoms with Gasteiger partial charge >= 0.3 is 0 Å². The highest BCUT2D eigenvalue weighted by atomic mass is 32.1. The second-order valence-electron chi connectivity index (χ2n) is 5.18. The SMILES string of the molecule is CC(NC(=O)C1(C(N)=S)CCCCC1)c1ncc[nH]1. The molecular formula is C13H20N4OS. The van der Waals surface area contributed by atoms with E-state index in [0.29, 0.717) is 4.99 Å². The number of carbonyl (C=O) groups excluding carboxylic acids is 1. The van der Waals surface area contributed by atoms with Gasteiger partial charge in [0, 0.05) is 12.4 Å². The maximum atomic E-state index is 12.5. The van der Waals surface area contributed by atoms with Crippen LogP contribution in [0.5, 0.6) is 0 Å². The zero-order valence-corrected chi connectivity index (χ0v) is 11.9. The first-order valence-corrected chi connectivity index (χ1v) is 7.07. The van der Waals surface area contributed by atoms with Gasteiger partial charge in [-0.25, -0.2) is 4.98 Å². The summed E-state index contributed by atoms with van der Waals surface area (Å²) in [7, 11) is 0. The van der Waals surface area contributed by atoms with E-state index in [4.69, 9.17) is 18.0 Å². The van der Waals surface area contributed by atoms with Crippen molar-refractivity contribution >= 4 is 23.1 Å². The van der Waals surface area contributed by atoms with Gasteiger partial charge in [-0.05, 0) is 19.8 Å². The van der Waals surface area contributed by atoms with Crippen molar-refractivity contribution in [3.05, 3.63) is 18.2 Å². The van der Waals surface area contributed by atoms with Crippen molar-refractivity contribution in [1.29, 1.82) is 0 Å². The Labute approximate surface area is 118 Å². The molecule has 1 unspecified atom stereocenters. The number of nitrogens with two attached hydrogens (primary N) is 1. The summed E-state index contributed by atoms with van der Waals surface area (Å²) in [6.45, 7) is 1.90. The first-order valence-electron chi connectivity index (χ1n) is 6.66. The van der Waals surface area contributed by atoms with Gasteiger partial charge in [-0.3, -0.25) is 4.79 Å². The molecule has 4 N–H and O–H groups in total. The Kier molecular flexibility index (Phi) is 4.19. The standard InChI is InChI=1S/C13H20N4OS/c1-9(10-15-7-8-16-10)17-12(18)13(11(14)19)5-3-2-4-6-13/h7-9H,2-6H2,1H3,(H2,14,19)(H,15,16)(H,17,18). The Hall–Kier alpha value is -1.43. The maximum absolute atomic E-state index is 12.5. The van der Waals surface area contributed by atoms with Crippen LogP contribution in [0.3, 0.4) is 0 Å². The summed E-state index contributed by atoms with van der Waals surface area (Å²) in [6.07, 6.45) is 8.05. The molecule has 0 saturated heterocycles. The lowest BCUT2D eigenvalue weighted by atomic mass is 9.73. The number of aromatic nitrogens is 2. The molecule has 0 bridgehead atoms. The highest BCUT2D eigenvalue weighted by Crippen LogP contribution is 2.37.